The van der Waals surface area contributed by atoms with Crippen LogP contribution in [0.15, 0.2) is 24.3 Å². The van der Waals surface area contributed by atoms with Gasteiger partial charge in [0.2, 0.25) is 0 Å². The number of hydrogen-bond acceptors (Lipinski definition) is 10. The summed E-state index contributed by atoms with van der Waals surface area (Å²) in [6.07, 6.45) is 10.5. The van der Waals surface area contributed by atoms with Gasteiger partial charge in [-0.25, -0.2) is 9.59 Å². The third-order valence-electron chi connectivity index (χ3n) is 7.86. The fourth-order valence-electron chi connectivity index (χ4n) is 5.34. The molecular weight excluding hydrogens is 641 g/mol. The highest BCUT2D eigenvalue weighted by Gasteiger charge is 2.35. The summed E-state index contributed by atoms with van der Waals surface area (Å²) in [5.74, 6) is 5.92. The molecule has 0 spiro atoms. The molecule has 3 fully saturated rings. The molecule has 4 nitrogen and oxygen atoms in total. The molecule has 3 rings (SSSR count). The maximum absolute atomic E-state index is 11.8. The van der Waals surface area contributed by atoms with Crippen LogP contribution in [0.4, 0.5) is 0 Å². The van der Waals surface area contributed by atoms with Gasteiger partial charge in [-0.2, -0.15) is 23.5 Å². The lowest BCUT2D eigenvalue weighted by Crippen LogP contribution is -2.23. The molecule has 0 bridgehead atoms. The zero-order valence-electron chi connectivity index (χ0n) is 26.0. The van der Waals surface area contributed by atoms with Crippen molar-refractivity contribution in [1.82, 2.24) is 0 Å². The van der Waals surface area contributed by atoms with E-state index in [1.54, 1.807) is 13.8 Å². The van der Waals surface area contributed by atoms with Crippen molar-refractivity contribution in [3.8, 4) is 0 Å². The molecular formula is C32H52O4S6. The lowest BCUT2D eigenvalue weighted by Gasteiger charge is -2.31. The van der Waals surface area contributed by atoms with Crippen molar-refractivity contribution in [3.05, 3.63) is 24.3 Å². The summed E-state index contributed by atoms with van der Waals surface area (Å²) in [6, 6.07) is 0. The van der Waals surface area contributed by atoms with E-state index in [9.17, 15) is 9.59 Å². The second-order valence-corrected chi connectivity index (χ2v) is 20.3. The molecule has 1 saturated carbocycles. The minimum absolute atomic E-state index is 0.262. The lowest BCUT2D eigenvalue weighted by atomic mass is 9.84. The number of hydrogen-bond donors (Lipinski definition) is 0. The lowest BCUT2D eigenvalue weighted by molar-refractivity contribution is -0.139. The Morgan fingerprint density at radius 1 is 0.738 bits per heavy atom. The van der Waals surface area contributed by atoms with Crippen LogP contribution in [0.25, 0.3) is 0 Å². The van der Waals surface area contributed by atoms with Crippen molar-refractivity contribution < 1.29 is 19.1 Å². The first-order valence-electron chi connectivity index (χ1n) is 15.6. The molecule has 2 heterocycles. The van der Waals surface area contributed by atoms with E-state index in [-0.39, 0.29) is 11.9 Å². The normalized spacial score (nSPS) is 29.1. The third-order valence-corrected chi connectivity index (χ3v) is 18.7. The van der Waals surface area contributed by atoms with Crippen LogP contribution in [0.5, 0.6) is 0 Å². The second kappa shape index (κ2) is 19.9. The summed E-state index contributed by atoms with van der Waals surface area (Å²) in [5.41, 5.74) is 0.966. The molecule has 0 amide bonds. The molecule has 0 aromatic heterocycles. The van der Waals surface area contributed by atoms with Gasteiger partial charge in [-0.15, -0.1) is 47.0 Å². The molecule has 0 aromatic rings. The van der Waals surface area contributed by atoms with E-state index in [0.29, 0.717) is 54.5 Å². The molecule has 6 atom stereocenters. The number of carbonyl (C=O) groups excluding carboxylic acids is 2. The molecule has 0 radical (unpaired) electrons. The second-order valence-electron chi connectivity index (χ2n) is 11.9. The summed E-state index contributed by atoms with van der Waals surface area (Å²) >= 11 is 12.6. The van der Waals surface area contributed by atoms with Crippen molar-refractivity contribution in [2.75, 3.05) is 36.2 Å². The van der Waals surface area contributed by atoms with Gasteiger partial charge in [0.25, 0.3) is 0 Å². The van der Waals surface area contributed by atoms with Gasteiger partial charge in [0.15, 0.2) is 0 Å². The van der Waals surface area contributed by atoms with Crippen LogP contribution in [0.1, 0.15) is 79.1 Å². The predicted octanol–water partition coefficient (Wildman–Crippen LogP) is 9.18. The van der Waals surface area contributed by atoms with Crippen LogP contribution in [-0.2, 0) is 19.1 Å². The molecule has 0 N–H and O–H groups in total. The van der Waals surface area contributed by atoms with Gasteiger partial charge in [0.05, 0.1) is 9.16 Å². The Morgan fingerprint density at radius 2 is 1.12 bits per heavy atom. The van der Waals surface area contributed by atoms with E-state index in [4.69, 9.17) is 9.47 Å². The largest absolute Gasteiger partial charge is 0.461 e. The van der Waals surface area contributed by atoms with Gasteiger partial charge in [-0.1, -0.05) is 39.8 Å². The molecule has 2 saturated heterocycles. The Kier molecular flexibility index (Phi) is 17.5. The first kappa shape index (κ1) is 37.0. The van der Waals surface area contributed by atoms with E-state index in [1.165, 1.54) is 62.9 Å². The zero-order valence-corrected chi connectivity index (χ0v) is 30.9. The SMILES string of the molecule is C=C(C)C(=O)OCC1CSC(C(CCC)SCC2CCC(CSC(CCC)C3SCC(COC(=O)C(=C)C)S3)CC2)S1. The van der Waals surface area contributed by atoms with Crippen molar-refractivity contribution in [1.29, 1.82) is 0 Å². The van der Waals surface area contributed by atoms with E-state index in [1.807, 2.05) is 23.5 Å². The summed E-state index contributed by atoms with van der Waals surface area (Å²) in [4.78, 5) is 23.6. The number of esters is 2. The molecule has 10 heteroatoms. The topological polar surface area (TPSA) is 52.6 Å². The van der Waals surface area contributed by atoms with E-state index in [2.05, 4.69) is 74.1 Å². The Bertz CT molecular complexity index is 807. The fourth-order valence-corrected chi connectivity index (χ4v) is 16.5. The van der Waals surface area contributed by atoms with Gasteiger partial charge < -0.3 is 9.47 Å². The van der Waals surface area contributed by atoms with Crippen LogP contribution in [0, 0.1) is 11.8 Å². The molecule has 3 aliphatic rings. The molecule has 1 aliphatic carbocycles. The maximum atomic E-state index is 11.8. The molecule has 240 valence electrons. The van der Waals surface area contributed by atoms with Crippen LogP contribution in [-0.4, -0.2) is 78.3 Å². The van der Waals surface area contributed by atoms with E-state index in [0.717, 1.165) is 23.3 Å². The van der Waals surface area contributed by atoms with Crippen LogP contribution in [0.2, 0.25) is 0 Å². The minimum Gasteiger partial charge on any atom is -0.461 e. The fraction of sp³-hybridized carbons (Fsp3) is 0.812. The first-order chi connectivity index (χ1) is 20.2. The van der Waals surface area contributed by atoms with Gasteiger partial charge in [-0.3, -0.25) is 0 Å². The van der Waals surface area contributed by atoms with E-state index >= 15 is 0 Å². The Hall–Kier alpha value is 0.520. The van der Waals surface area contributed by atoms with Crippen LogP contribution >= 0.6 is 70.6 Å². The third kappa shape index (κ3) is 12.7. The number of carbonyl (C=O) groups is 2. The highest BCUT2D eigenvalue weighted by atomic mass is 32.2. The van der Waals surface area contributed by atoms with Gasteiger partial charge in [0, 0.05) is 43.7 Å². The molecule has 42 heavy (non-hydrogen) atoms. The highest BCUT2D eigenvalue weighted by Crippen LogP contribution is 2.47. The van der Waals surface area contributed by atoms with Crippen molar-refractivity contribution >= 4 is 82.5 Å². The number of thioether (sulfide) groups is 6. The minimum atomic E-state index is -0.262. The first-order valence-corrected chi connectivity index (χ1v) is 21.7. The quantitative estimate of drug-likeness (QED) is 0.103. The standard InChI is InChI=1S/C32H52O4S6/c1-7-9-27(31-39-19-25(41-31)15-35-29(33)21(3)4)37-17-23-11-13-24(14-12-23)18-38-28(10-8-2)32-40-20-26(42-32)16-36-30(34)22(5)6/h23-28,31-32H,3,5,7-20H2,1-2,4,6H3. The van der Waals surface area contributed by atoms with Crippen molar-refractivity contribution in [3.63, 3.8) is 0 Å². The Labute approximate surface area is 281 Å². The monoisotopic (exact) mass is 692 g/mol. The van der Waals surface area contributed by atoms with Crippen molar-refractivity contribution in [2.45, 2.75) is 109 Å². The summed E-state index contributed by atoms with van der Waals surface area (Å²) < 4.78 is 12.1. The summed E-state index contributed by atoms with van der Waals surface area (Å²) in [7, 11) is 0. The number of ether oxygens (including phenoxy) is 2. The van der Waals surface area contributed by atoms with Crippen LogP contribution in [0.3, 0.4) is 0 Å². The highest BCUT2D eigenvalue weighted by molar-refractivity contribution is 8.22. The predicted molar refractivity (Wildman–Crippen MR) is 195 cm³/mol. The summed E-state index contributed by atoms with van der Waals surface area (Å²) in [5, 5.41) is 2.17. The Morgan fingerprint density at radius 3 is 1.45 bits per heavy atom. The average molecular weight is 693 g/mol. The summed E-state index contributed by atoms with van der Waals surface area (Å²) in [6.45, 7) is 16.4. The van der Waals surface area contributed by atoms with Crippen LogP contribution < -0.4 is 0 Å². The molecule has 2 aliphatic heterocycles. The maximum Gasteiger partial charge on any atom is 0.333 e. The Balaban J connectivity index is 1.34. The van der Waals surface area contributed by atoms with E-state index < -0.39 is 0 Å². The van der Waals surface area contributed by atoms with Crippen molar-refractivity contribution in [2.24, 2.45) is 11.8 Å². The number of rotatable bonds is 18. The van der Waals surface area contributed by atoms with Gasteiger partial charge in [-0.05, 0) is 75.7 Å². The smallest absolute Gasteiger partial charge is 0.333 e. The average Bonchev–Trinajstić information content (AvgIpc) is 3.65. The molecule has 0 aromatic carbocycles. The van der Waals surface area contributed by atoms with Gasteiger partial charge >= 0.3 is 11.9 Å². The molecule has 6 unspecified atom stereocenters. The zero-order chi connectivity index (χ0) is 30.5. The van der Waals surface area contributed by atoms with Gasteiger partial charge in [0.1, 0.15) is 13.2 Å².